The average Bonchev–Trinajstić information content (AvgIpc) is 2.88. The first-order valence-electron chi connectivity index (χ1n) is 6.22. The maximum absolute atomic E-state index is 12.4. The number of likely N-dealkylation sites (tertiary alicyclic amines) is 1. The fourth-order valence-electron chi connectivity index (χ4n) is 2.57. The van der Waals surface area contributed by atoms with Crippen molar-refractivity contribution in [3.8, 4) is 0 Å². The number of nitrogens with zero attached hydrogens (tertiary/aromatic N) is 2. The van der Waals surface area contributed by atoms with E-state index < -0.39 is 0 Å². The fraction of sp³-hybridized carbons (Fsp3) is 0.500. The van der Waals surface area contributed by atoms with Crippen LogP contribution in [0.5, 0.6) is 0 Å². The maximum atomic E-state index is 12.4. The molecule has 1 fully saturated rings. The largest absolute Gasteiger partial charge is 0.337 e. The van der Waals surface area contributed by atoms with Gasteiger partial charge in [-0.2, -0.15) is 0 Å². The van der Waals surface area contributed by atoms with Crippen LogP contribution < -0.4 is 0 Å². The molecule has 0 bridgehead atoms. The van der Waals surface area contributed by atoms with Crippen molar-refractivity contribution in [2.24, 2.45) is 0 Å². The molecule has 0 aromatic carbocycles. The van der Waals surface area contributed by atoms with Crippen LogP contribution in [0.1, 0.15) is 34.6 Å². The third-order valence-corrected chi connectivity index (χ3v) is 3.40. The summed E-state index contributed by atoms with van der Waals surface area (Å²) in [7, 11) is 0. The third kappa shape index (κ3) is 2.14. The molecule has 0 saturated carbocycles. The van der Waals surface area contributed by atoms with Crippen molar-refractivity contribution in [2.75, 3.05) is 13.1 Å². The van der Waals surface area contributed by atoms with Crippen molar-refractivity contribution >= 4 is 5.91 Å². The Bertz CT molecular complexity index is 439. The van der Waals surface area contributed by atoms with Crippen LogP contribution in [0.2, 0.25) is 0 Å². The summed E-state index contributed by atoms with van der Waals surface area (Å²) >= 11 is 0. The van der Waals surface area contributed by atoms with E-state index in [0.29, 0.717) is 6.54 Å². The van der Waals surface area contributed by atoms with E-state index in [2.05, 4.69) is 17.2 Å². The Morgan fingerprint density at radius 2 is 2.06 bits per heavy atom. The number of aryl methyl sites for hydroxylation is 2. The molecule has 17 heavy (non-hydrogen) atoms. The third-order valence-electron chi connectivity index (χ3n) is 3.40. The number of rotatable bonds is 3. The Labute approximate surface area is 103 Å². The maximum Gasteiger partial charge on any atom is 0.270 e. The lowest BCUT2D eigenvalue weighted by molar-refractivity contribution is 0.0781. The van der Waals surface area contributed by atoms with Gasteiger partial charge in [0.2, 0.25) is 0 Å². The van der Waals surface area contributed by atoms with Crippen molar-refractivity contribution in [1.29, 1.82) is 0 Å². The number of amides is 1. The highest BCUT2D eigenvalue weighted by Crippen LogP contribution is 2.19. The van der Waals surface area contributed by atoms with Gasteiger partial charge in [0.25, 0.3) is 5.91 Å². The highest BCUT2D eigenvalue weighted by atomic mass is 16.2. The minimum absolute atomic E-state index is 0.176. The molecule has 1 aliphatic heterocycles. The zero-order valence-electron chi connectivity index (χ0n) is 10.7. The van der Waals surface area contributed by atoms with Gasteiger partial charge >= 0.3 is 0 Å². The zero-order chi connectivity index (χ0) is 12.4. The summed E-state index contributed by atoms with van der Waals surface area (Å²) in [6, 6.07) is 2.08. The smallest absolute Gasteiger partial charge is 0.270 e. The summed E-state index contributed by atoms with van der Waals surface area (Å²) in [5, 5.41) is 0. The normalized spacial score (nSPS) is 15.3. The molecular formula is C14H20N2O. The van der Waals surface area contributed by atoms with Crippen LogP contribution in [0.3, 0.4) is 0 Å². The van der Waals surface area contributed by atoms with E-state index in [4.69, 9.17) is 0 Å². The Balaban J connectivity index is 2.35. The molecule has 0 spiro atoms. The molecule has 1 saturated heterocycles. The van der Waals surface area contributed by atoms with Gasteiger partial charge in [-0.15, -0.1) is 6.58 Å². The van der Waals surface area contributed by atoms with E-state index in [0.717, 1.165) is 42.9 Å². The van der Waals surface area contributed by atoms with Crippen LogP contribution in [0, 0.1) is 13.8 Å². The molecule has 0 N–H and O–H groups in total. The van der Waals surface area contributed by atoms with E-state index in [9.17, 15) is 4.79 Å². The first-order chi connectivity index (χ1) is 8.15. The van der Waals surface area contributed by atoms with Gasteiger partial charge in [-0.05, 0) is 38.3 Å². The molecule has 1 amide bonds. The van der Waals surface area contributed by atoms with Crippen molar-refractivity contribution in [1.82, 2.24) is 9.47 Å². The lowest BCUT2D eigenvalue weighted by Gasteiger charge is -2.18. The molecular weight excluding hydrogens is 212 g/mol. The first-order valence-corrected chi connectivity index (χ1v) is 6.22. The molecule has 0 unspecified atom stereocenters. The topological polar surface area (TPSA) is 25.2 Å². The summed E-state index contributed by atoms with van der Waals surface area (Å²) in [5.41, 5.74) is 3.04. The number of hydrogen-bond acceptors (Lipinski definition) is 1. The number of hydrogen-bond donors (Lipinski definition) is 0. The fourth-order valence-corrected chi connectivity index (χ4v) is 2.57. The van der Waals surface area contributed by atoms with Crippen molar-refractivity contribution in [2.45, 2.75) is 33.2 Å². The zero-order valence-corrected chi connectivity index (χ0v) is 10.7. The molecule has 2 rings (SSSR count). The quantitative estimate of drug-likeness (QED) is 0.735. The van der Waals surface area contributed by atoms with Crippen molar-refractivity contribution < 1.29 is 4.79 Å². The van der Waals surface area contributed by atoms with Crippen LogP contribution in [0.25, 0.3) is 0 Å². The van der Waals surface area contributed by atoms with Crippen LogP contribution in [0.4, 0.5) is 0 Å². The Hall–Kier alpha value is -1.51. The lowest BCUT2D eigenvalue weighted by atomic mass is 10.2. The monoisotopic (exact) mass is 232 g/mol. The molecule has 1 aliphatic rings. The highest BCUT2D eigenvalue weighted by molar-refractivity contribution is 5.94. The van der Waals surface area contributed by atoms with E-state index >= 15 is 0 Å². The lowest BCUT2D eigenvalue weighted by Crippen LogP contribution is -2.30. The Kier molecular flexibility index (Phi) is 3.36. The summed E-state index contributed by atoms with van der Waals surface area (Å²) in [6.45, 7) is 10.3. The summed E-state index contributed by atoms with van der Waals surface area (Å²) in [4.78, 5) is 14.4. The molecule has 92 valence electrons. The van der Waals surface area contributed by atoms with E-state index in [1.54, 1.807) is 0 Å². The van der Waals surface area contributed by atoms with Gasteiger partial charge < -0.3 is 9.47 Å². The van der Waals surface area contributed by atoms with Gasteiger partial charge in [-0.1, -0.05) is 6.08 Å². The van der Waals surface area contributed by atoms with Crippen LogP contribution in [0.15, 0.2) is 18.7 Å². The average molecular weight is 232 g/mol. The Morgan fingerprint density at radius 3 is 2.65 bits per heavy atom. The molecule has 1 aromatic heterocycles. The predicted molar refractivity (Wildman–Crippen MR) is 69.2 cm³/mol. The highest BCUT2D eigenvalue weighted by Gasteiger charge is 2.24. The van der Waals surface area contributed by atoms with Crippen LogP contribution >= 0.6 is 0 Å². The van der Waals surface area contributed by atoms with Gasteiger partial charge in [0.05, 0.1) is 0 Å². The second kappa shape index (κ2) is 4.78. The van der Waals surface area contributed by atoms with Crippen LogP contribution in [-0.2, 0) is 6.54 Å². The molecule has 1 aromatic rings. The number of carbonyl (C=O) groups excluding carboxylic acids is 1. The van der Waals surface area contributed by atoms with Crippen molar-refractivity contribution in [3.63, 3.8) is 0 Å². The minimum atomic E-state index is 0.176. The molecule has 0 aliphatic carbocycles. The Morgan fingerprint density at radius 1 is 1.41 bits per heavy atom. The first kappa shape index (κ1) is 12.0. The number of allylic oxidation sites excluding steroid dienone is 1. The molecule has 0 atom stereocenters. The van der Waals surface area contributed by atoms with Gasteiger partial charge in [0, 0.05) is 25.3 Å². The van der Waals surface area contributed by atoms with E-state index in [1.165, 1.54) is 0 Å². The summed E-state index contributed by atoms with van der Waals surface area (Å²) in [5.74, 6) is 0.176. The van der Waals surface area contributed by atoms with Gasteiger partial charge in [0.1, 0.15) is 5.69 Å². The second-order valence-electron chi connectivity index (χ2n) is 4.72. The minimum Gasteiger partial charge on any atom is -0.337 e. The second-order valence-corrected chi connectivity index (χ2v) is 4.72. The van der Waals surface area contributed by atoms with E-state index in [-0.39, 0.29) is 5.91 Å². The van der Waals surface area contributed by atoms with Crippen molar-refractivity contribution in [3.05, 3.63) is 35.7 Å². The molecule has 2 heterocycles. The van der Waals surface area contributed by atoms with Crippen LogP contribution in [-0.4, -0.2) is 28.5 Å². The molecule has 3 nitrogen and oxygen atoms in total. The number of aromatic nitrogens is 1. The van der Waals surface area contributed by atoms with Gasteiger partial charge in [-0.3, -0.25) is 4.79 Å². The SMILES string of the molecule is C=CCn1c(C)cc(C)c1C(=O)N1CCCC1. The molecule has 0 radical (unpaired) electrons. The standard InChI is InChI=1S/C14H20N2O/c1-4-7-16-12(3)10-11(2)13(16)14(17)15-8-5-6-9-15/h4,10H,1,5-9H2,2-3H3. The summed E-state index contributed by atoms with van der Waals surface area (Å²) in [6.07, 6.45) is 4.10. The summed E-state index contributed by atoms with van der Waals surface area (Å²) < 4.78 is 2.06. The predicted octanol–water partition coefficient (Wildman–Crippen LogP) is 2.53. The van der Waals surface area contributed by atoms with E-state index in [1.807, 2.05) is 24.8 Å². The number of carbonyl (C=O) groups is 1. The van der Waals surface area contributed by atoms with Gasteiger partial charge in [0.15, 0.2) is 0 Å². The van der Waals surface area contributed by atoms with Gasteiger partial charge in [-0.25, -0.2) is 0 Å². The molecule has 3 heteroatoms.